The average molecular weight is 945 g/mol. The number of piperazine rings is 1. The highest BCUT2D eigenvalue weighted by atomic mass is 19.4. The summed E-state index contributed by atoms with van der Waals surface area (Å²) in [6, 6.07) is 13.5. The number of nitrogens with zero attached hydrogens (tertiary/aromatic N) is 6. The lowest BCUT2D eigenvalue weighted by molar-refractivity contribution is -0.137. The number of anilines is 2. The van der Waals surface area contributed by atoms with Crippen LogP contribution in [0.5, 0.6) is 23.4 Å². The maximum atomic E-state index is 17.9. The Labute approximate surface area is 390 Å². The molecule has 3 aromatic carbocycles. The molecule has 5 fully saturated rings. The second-order valence-electron chi connectivity index (χ2n) is 19.6. The van der Waals surface area contributed by atoms with E-state index in [1.807, 2.05) is 4.90 Å². The number of carbonyl (C=O) groups is 1. The first-order valence-corrected chi connectivity index (χ1v) is 22.9. The number of pyridine rings is 1. The first kappa shape index (κ1) is 45.6. The normalized spacial score (nSPS) is 23.7. The van der Waals surface area contributed by atoms with E-state index in [1.165, 1.54) is 14.2 Å². The van der Waals surface area contributed by atoms with E-state index in [1.54, 1.807) is 86.0 Å². The number of rotatable bonds is 11. The maximum Gasteiger partial charge on any atom is 0.417 e. The van der Waals surface area contributed by atoms with Crippen LogP contribution in [0.4, 0.5) is 38.3 Å². The molecule has 2 aromatic heterocycles. The van der Waals surface area contributed by atoms with Crippen molar-refractivity contribution in [3.63, 3.8) is 0 Å². The fourth-order valence-corrected chi connectivity index (χ4v) is 10.8. The molecule has 1 saturated carbocycles. The van der Waals surface area contributed by atoms with Gasteiger partial charge in [-0.1, -0.05) is 24.3 Å². The molecule has 11 rings (SSSR count). The van der Waals surface area contributed by atoms with Crippen LogP contribution in [0.3, 0.4) is 0 Å². The summed E-state index contributed by atoms with van der Waals surface area (Å²) in [7, 11) is 3.05. The topological polar surface area (TPSA) is 121 Å². The third-order valence-electron chi connectivity index (χ3n) is 13.9. The van der Waals surface area contributed by atoms with Crippen LogP contribution < -0.4 is 28.7 Å². The Morgan fingerprint density at radius 1 is 0.912 bits per heavy atom. The number of amides is 1. The highest BCUT2D eigenvalue weighted by molar-refractivity contribution is 5.98. The third-order valence-corrected chi connectivity index (χ3v) is 13.9. The molecular formula is C50H53F5N6O7. The molecule has 1 amide bonds. The van der Waals surface area contributed by atoms with Gasteiger partial charge in [0.2, 0.25) is 5.88 Å². The number of hydrogen-bond acceptors (Lipinski definition) is 12. The number of aromatic nitrogens is 3. The smallest absolute Gasteiger partial charge is 0.417 e. The molecule has 6 aliphatic rings. The van der Waals surface area contributed by atoms with Crippen LogP contribution in [0.25, 0.3) is 22.2 Å². The van der Waals surface area contributed by atoms with Gasteiger partial charge in [0, 0.05) is 25.2 Å². The molecule has 4 atom stereocenters. The van der Waals surface area contributed by atoms with E-state index in [9.17, 15) is 4.79 Å². The Morgan fingerprint density at radius 3 is 2.13 bits per heavy atom. The van der Waals surface area contributed by atoms with Gasteiger partial charge >= 0.3 is 18.3 Å². The standard InChI is InChI=1S/C50H53F5N6O7/c1-26-38(50(53,54)55)34(18-36(39(26)51)59(21-28-8-13-32(63-6)14-9-28)22-29-10-15-33(64-7)16-11-29)41-40(52)42-37-44(58-46(57-42)65-25-49-19-30(20-49)24-66-49)60-23-31-12-17-35(43(60)27(2)67-45(37)56-41)61(31)47(62)68-48(3,4)5/h8-11,13-16,18,27,30-31,35,43H,12,17,19-25H2,1-7H3/t27-,30?,31+,35-,43+,49?/m0/s1. The molecule has 18 heteroatoms. The molecule has 1 aliphatic carbocycles. The summed E-state index contributed by atoms with van der Waals surface area (Å²) in [6.45, 7) is 9.20. The van der Waals surface area contributed by atoms with Crippen molar-refractivity contribution in [2.45, 2.75) is 115 Å². The largest absolute Gasteiger partial charge is 0.497 e. The predicted octanol–water partition coefficient (Wildman–Crippen LogP) is 9.82. The van der Waals surface area contributed by atoms with E-state index < -0.39 is 75.7 Å². The minimum Gasteiger partial charge on any atom is -0.497 e. The molecule has 4 saturated heterocycles. The van der Waals surface area contributed by atoms with Crippen molar-refractivity contribution < 1.29 is 55.2 Å². The van der Waals surface area contributed by atoms with E-state index in [-0.39, 0.29) is 66.6 Å². The van der Waals surface area contributed by atoms with Gasteiger partial charge in [0.05, 0.1) is 50.2 Å². The summed E-state index contributed by atoms with van der Waals surface area (Å²) in [5, 5.41) is 0.0327. The Balaban J connectivity index is 1.14. The number of benzene rings is 3. The van der Waals surface area contributed by atoms with E-state index >= 15 is 22.0 Å². The van der Waals surface area contributed by atoms with Crippen LogP contribution in [-0.2, 0) is 28.7 Å². The van der Waals surface area contributed by atoms with Gasteiger partial charge in [-0.25, -0.2) is 18.6 Å². The van der Waals surface area contributed by atoms with Crippen LogP contribution >= 0.6 is 0 Å². The number of alkyl halides is 3. The highest BCUT2D eigenvalue weighted by Crippen LogP contribution is 2.51. The first-order chi connectivity index (χ1) is 32.3. The van der Waals surface area contributed by atoms with Gasteiger partial charge in [-0.2, -0.15) is 23.1 Å². The molecular weight excluding hydrogens is 892 g/mol. The van der Waals surface area contributed by atoms with E-state index in [4.69, 9.17) is 33.4 Å². The molecule has 360 valence electrons. The van der Waals surface area contributed by atoms with Gasteiger partial charge in [-0.15, -0.1) is 0 Å². The molecule has 0 radical (unpaired) electrons. The summed E-state index contributed by atoms with van der Waals surface area (Å²) >= 11 is 0. The lowest BCUT2D eigenvalue weighted by Crippen LogP contribution is -2.65. The number of methoxy groups -OCH3 is 2. The van der Waals surface area contributed by atoms with Crippen molar-refractivity contribution >= 4 is 28.5 Å². The summed E-state index contributed by atoms with van der Waals surface area (Å²) in [5.74, 6) is -0.778. The van der Waals surface area contributed by atoms with Gasteiger partial charge < -0.3 is 38.2 Å². The van der Waals surface area contributed by atoms with Crippen molar-refractivity contribution in [3.05, 3.63) is 88.5 Å². The zero-order chi connectivity index (χ0) is 48.0. The zero-order valence-corrected chi connectivity index (χ0v) is 38.9. The summed E-state index contributed by atoms with van der Waals surface area (Å²) in [6.07, 6.45) is -3.61. The molecule has 4 bridgehead atoms. The van der Waals surface area contributed by atoms with E-state index in [2.05, 4.69) is 9.97 Å². The number of ether oxygens (including phenoxy) is 6. The minimum absolute atomic E-state index is 0.0327. The van der Waals surface area contributed by atoms with Crippen LogP contribution in [0.2, 0.25) is 0 Å². The molecule has 5 aliphatic heterocycles. The molecule has 0 spiro atoms. The Bertz CT molecular complexity index is 2710. The van der Waals surface area contributed by atoms with Crippen molar-refractivity contribution in [2.24, 2.45) is 5.92 Å². The van der Waals surface area contributed by atoms with Crippen molar-refractivity contribution in [2.75, 3.05) is 43.8 Å². The number of halogens is 5. The van der Waals surface area contributed by atoms with E-state index in [0.29, 0.717) is 48.0 Å². The minimum atomic E-state index is -5.17. The molecule has 13 nitrogen and oxygen atoms in total. The average Bonchev–Trinajstić information content (AvgIpc) is 3.96. The molecule has 0 N–H and O–H groups in total. The number of hydrogen-bond donors (Lipinski definition) is 0. The van der Waals surface area contributed by atoms with Gasteiger partial charge in [-0.3, -0.25) is 4.90 Å². The lowest BCUT2D eigenvalue weighted by Gasteiger charge is -2.48. The van der Waals surface area contributed by atoms with Crippen molar-refractivity contribution in [1.29, 1.82) is 0 Å². The second-order valence-corrected chi connectivity index (χ2v) is 19.6. The van der Waals surface area contributed by atoms with Gasteiger partial charge in [0.25, 0.3) is 0 Å². The number of carbonyl (C=O) groups excluding carboxylic acids is 1. The van der Waals surface area contributed by atoms with Crippen LogP contribution in [0, 0.1) is 24.5 Å². The first-order valence-electron chi connectivity index (χ1n) is 22.9. The molecule has 5 aromatic rings. The van der Waals surface area contributed by atoms with Gasteiger partial charge in [0.1, 0.15) is 63.6 Å². The van der Waals surface area contributed by atoms with Gasteiger partial charge in [-0.05, 0) is 113 Å². The Hall–Kier alpha value is -6.17. The zero-order valence-electron chi connectivity index (χ0n) is 38.9. The fourth-order valence-electron chi connectivity index (χ4n) is 10.8. The van der Waals surface area contributed by atoms with Crippen molar-refractivity contribution in [3.8, 4) is 34.6 Å². The summed E-state index contributed by atoms with van der Waals surface area (Å²) in [4.78, 5) is 33.1. The van der Waals surface area contributed by atoms with Crippen LogP contribution in [0.15, 0.2) is 54.6 Å². The van der Waals surface area contributed by atoms with Crippen LogP contribution in [-0.4, -0.2) is 95.4 Å². The van der Waals surface area contributed by atoms with Crippen LogP contribution in [0.1, 0.15) is 75.6 Å². The SMILES string of the molecule is COc1ccc(CN(Cc2ccc(OC)cc2)c2cc(-c3nc4c5c(nc(OCC67CC(CO6)C7)nc5c3F)N3C[C@H]5CC[C@@H]([C@H]3[C@H](C)O4)N5C(=O)OC(C)(C)C)c(C(F)(F)F)c(C)c2F)cc1. The predicted molar refractivity (Wildman–Crippen MR) is 241 cm³/mol. The summed E-state index contributed by atoms with van der Waals surface area (Å²) < 4.78 is 117. The fraction of sp³-hybridized carbons (Fsp3) is 0.480. The second kappa shape index (κ2) is 16.8. The maximum absolute atomic E-state index is 17.9. The number of fused-ring (bicyclic) bond motifs is 6. The van der Waals surface area contributed by atoms with E-state index in [0.717, 1.165) is 25.8 Å². The highest BCUT2D eigenvalue weighted by Gasteiger charge is 2.55. The van der Waals surface area contributed by atoms with Crippen molar-refractivity contribution in [1.82, 2.24) is 19.9 Å². The molecule has 0 unspecified atom stereocenters. The third kappa shape index (κ3) is 8.11. The molecule has 7 heterocycles. The Kier molecular flexibility index (Phi) is 11.3. The molecule has 68 heavy (non-hydrogen) atoms. The monoisotopic (exact) mass is 944 g/mol. The van der Waals surface area contributed by atoms with Gasteiger partial charge in [0.15, 0.2) is 5.82 Å². The Morgan fingerprint density at radius 2 is 1.56 bits per heavy atom. The quantitative estimate of drug-likeness (QED) is 0.117. The lowest BCUT2D eigenvalue weighted by atomic mass is 9.75. The summed E-state index contributed by atoms with van der Waals surface area (Å²) in [5.41, 5.74) is -4.16.